The molecule has 3 N–H and O–H groups in total. The van der Waals surface area contributed by atoms with Crippen molar-refractivity contribution in [2.75, 3.05) is 24.9 Å². The van der Waals surface area contributed by atoms with Gasteiger partial charge in [0.25, 0.3) is 11.8 Å². The Bertz CT molecular complexity index is 1910. The summed E-state index contributed by atoms with van der Waals surface area (Å²) in [5.41, 5.74) is 4.40. The molecule has 5 aromatic carbocycles. The lowest BCUT2D eigenvalue weighted by molar-refractivity contribution is -0.115. The number of amides is 3. The Morgan fingerprint density at radius 1 is 0.708 bits per heavy atom. The van der Waals surface area contributed by atoms with E-state index in [2.05, 4.69) is 16.0 Å². The zero-order valence-corrected chi connectivity index (χ0v) is 27.5. The lowest BCUT2D eigenvalue weighted by Gasteiger charge is -2.16. The number of carbonyl (C=O) groups is 3. The summed E-state index contributed by atoms with van der Waals surface area (Å²) in [4.78, 5) is 40.6. The minimum atomic E-state index is -0.494. The summed E-state index contributed by atoms with van der Waals surface area (Å²) in [7, 11) is 3.09. The molecular formula is C39H35N3O5S. The number of hydrogen-bond donors (Lipinski definition) is 3. The molecule has 1 unspecified atom stereocenters. The number of rotatable bonds is 12. The van der Waals surface area contributed by atoms with E-state index in [0.717, 1.165) is 21.6 Å². The fraction of sp³-hybridized carbons (Fsp3) is 0.103. The average molecular weight is 658 g/mol. The van der Waals surface area contributed by atoms with Crippen LogP contribution in [0.25, 0.3) is 17.2 Å². The van der Waals surface area contributed by atoms with E-state index in [9.17, 15) is 14.4 Å². The van der Waals surface area contributed by atoms with Crippen molar-refractivity contribution in [3.63, 3.8) is 0 Å². The summed E-state index contributed by atoms with van der Waals surface area (Å²) < 4.78 is 10.6. The number of methoxy groups -OCH3 is 2. The fourth-order valence-electron chi connectivity index (χ4n) is 4.75. The first-order valence-electron chi connectivity index (χ1n) is 15.2. The molecule has 1 atom stereocenters. The van der Waals surface area contributed by atoms with E-state index in [1.54, 1.807) is 80.8 Å². The number of benzene rings is 5. The molecule has 9 heteroatoms. The van der Waals surface area contributed by atoms with Crippen LogP contribution < -0.4 is 25.4 Å². The molecule has 242 valence electrons. The van der Waals surface area contributed by atoms with Gasteiger partial charge in [-0.05, 0) is 72.2 Å². The maximum atomic E-state index is 13.6. The Morgan fingerprint density at radius 2 is 1.40 bits per heavy atom. The lowest BCUT2D eigenvalue weighted by Crippen LogP contribution is -2.30. The van der Waals surface area contributed by atoms with Crippen LogP contribution >= 0.6 is 11.8 Å². The van der Waals surface area contributed by atoms with Gasteiger partial charge in [0.2, 0.25) is 5.91 Å². The second-order valence-corrected chi connectivity index (χ2v) is 12.1. The fourth-order valence-corrected chi connectivity index (χ4v) is 5.68. The Hall–Kier alpha value is -5.80. The molecule has 0 radical (unpaired) electrons. The normalized spacial score (nSPS) is 11.6. The molecule has 0 aliphatic carbocycles. The van der Waals surface area contributed by atoms with Gasteiger partial charge in [-0.2, -0.15) is 0 Å². The van der Waals surface area contributed by atoms with Gasteiger partial charge in [0.1, 0.15) is 17.2 Å². The van der Waals surface area contributed by atoms with Crippen LogP contribution in [0.5, 0.6) is 11.5 Å². The molecular weight excluding hydrogens is 623 g/mol. The zero-order chi connectivity index (χ0) is 33.9. The summed E-state index contributed by atoms with van der Waals surface area (Å²) in [6.45, 7) is 1.80. The van der Waals surface area contributed by atoms with Crippen molar-refractivity contribution in [3.8, 4) is 22.6 Å². The van der Waals surface area contributed by atoms with Crippen molar-refractivity contribution in [1.82, 2.24) is 5.32 Å². The highest BCUT2D eigenvalue weighted by Crippen LogP contribution is 2.31. The van der Waals surface area contributed by atoms with E-state index in [1.807, 2.05) is 66.7 Å². The smallest absolute Gasteiger partial charge is 0.272 e. The van der Waals surface area contributed by atoms with Crippen LogP contribution in [-0.2, 0) is 9.59 Å². The second-order valence-electron chi connectivity index (χ2n) is 10.7. The number of nitrogens with one attached hydrogen (secondary N) is 3. The molecule has 5 rings (SSSR count). The van der Waals surface area contributed by atoms with Gasteiger partial charge in [0.05, 0.1) is 25.2 Å². The number of thioether (sulfide) groups is 1. The largest absolute Gasteiger partial charge is 0.497 e. The van der Waals surface area contributed by atoms with E-state index in [4.69, 9.17) is 9.47 Å². The molecule has 0 saturated heterocycles. The van der Waals surface area contributed by atoms with Crippen LogP contribution in [-0.4, -0.2) is 37.2 Å². The third kappa shape index (κ3) is 8.92. The monoisotopic (exact) mass is 657 g/mol. The molecule has 48 heavy (non-hydrogen) atoms. The zero-order valence-electron chi connectivity index (χ0n) is 26.7. The van der Waals surface area contributed by atoms with Gasteiger partial charge in [0, 0.05) is 22.2 Å². The predicted molar refractivity (Wildman–Crippen MR) is 192 cm³/mol. The Kier molecular flexibility index (Phi) is 11.3. The van der Waals surface area contributed by atoms with Crippen LogP contribution in [0.15, 0.2) is 138 Å². The van der Waals surface area contributed by atoms with Crippen LogP contribution in [0.4, 0.5) is 11.4 Å². The topological polar surface area (TPSA) is 106 Å². The minimum absolute atomic E-state index is 0.0792. The van der Waals surface area contributed by atoms with Crippen molar-refractivity contribution in [1.29, 1.82) is 0 Å². The van der Waals surface area contributed by atoms with Crippen molar-refractivity contribution >= 4 is 46.9 Å². The van der Waals surface area contributed by atoms with Crippen molar-refractivity contribution in [3.05, 3.63) is 144 Å². The predicted octanol–water partition coefficient (Wildman–Crippen LogP) is 7.90. The number of hydrogen-bond acceptors (Lipinski definition) is 6. The van der Waals surface area contributed by atoms with Crippen LogP contribution in [0, 0.1) is 0 Å². The molecule has 3 amide bonds. The maximum Gasteiger partial charge on any atom is 0.272 e. The summed E-state index contributed by atoms with van der Waals surface area (Å²) >= 11 is 1.34. The quantitative estimate of drug-likeness (QED) is 0.0931. The van der Waals surface area contributed by atoms with Gasteiger partial charge in [-0.1, -0.05) is 78.9 Å². The Labute approximate surface area is 284 Å². The highest BCUT2D eigenvalue weighted by molar-refractivity contribution is 8.00. The average Bonchev–Trinajstić information content (AvgIpc) is 3.12. The van der Waals surface area contributed by atoms with Gasteiger partial charge >= 0.3 is 0 Å². The summed E-state index contributed by atoms with van der Waals surface area (Å²) in [6.07, 6.45) is 1.64. The van der Waals surface area contributed by atoms with Gasteiger partial charge in [-0.3, -0.25) is 14.4 Å². The van der Waals surface area contributed by atoms with E-state index in [0.29, 0.717) is 28.4 Å². The van der Waals surface area contributed by atoms with Crippen molar-refractivity contribution in [2.24, 2.45) is 0 Å². The van der Waals surface area contributed by atoms with E-state index in [-0.39, 0.29) is 11.6 Å². The highest BCUT2D eigenvalue weighted by Gasteiger charge is 2.19. The Balaban J connectivity index is 1.31. The van der Waals surface area contributed by atoms with E-state index >= 15 is 0 Å². The third-order valence-corrected chi connectivity index (χ3v) is 8.39. The molecule has 0 aliphatic rings. The number of carbonyl (C=O) groups excluding carboxylic acids is 3. The lowest BCUT2D eigenvalue weighted by atomic mass is 10.0. The summed E-state index contributed by atoms with van der Waals surface area (Å²) in [5, 5.41) is 8.12. The molecule has 0 fully saturated rings. The van der Waals surface area contributed by atoms with Gasteiger partial charge < -0.3 is 25.4 Å². The van der Waals surface area contributed by atoms with Gasteiger partial charge in [-0.25, -0.2) is 0 Å². The molecule has 8 nitrogen and oxygen atoms in total. The van der Waals surface area contributed by atoms with Crippen molar-refractivity contribution in [2.45, 2.75) is 17.1 Å². The van der Waals surface area contributed by atoms with Gasteiger partial charge in [-0.15, -0.1) is 11.8 Å². The van der Waals surface area contributed by atoms with Gasteiger partial charge in [0.15, 0.2) is 0 Å². The third-order valence-electron chi connectivity index (χ3n) is 7.30. The minimum Gasteiger partial charge on any atom is -0.497 e. The van der Waals surface area contributed by atoms with Crippen LogP contribution in [0.2, 0.25) is 0 Å². The molecule has 0 heterocycles. The highest BCUT2D eigenvalue weighted by atomic mass is 32.2. The molecule has 0 aliphatic heterocycles. The first-order chi connectivity index (χ1) is 23.3. The second kappa shape index (κ2) is 16.2. The van der Waals surface area contributed by atoms with E-state index in [1.165, 1.54) is 18.9 Å². The van der Waals surface area contributed by atoms with Crippen molar-refractivity contribution < 1.29 is 23.9 Å². The molecule has 0 spiro atoms. The Morgan fingerprint density at radius 3 is 2.08 bits per heavy atom. The number of ether oxygens (including phenoxy) is 2. The number of anilines is 2. The molecule has 5 aromatic rings. The first kappa shape index (κ1) is 33.6. The van der Waals surface area contributed by atoms with Crippen LogP contribution in [0.3, 0.4) is 0 Å². The maximum absolute atomic E-state index is 13.6. The molecule has 0 bridgehead atoms. The summed E-state index contributed by atoms with van der Waals surface area (Å²) in [5.74, 6) is -0.0174. The van der Waals surface area contributed by atoms with Crippen LogP contribution in [0.1, 0.15) is 22.8 Å². The first-order valence-corrected chi connectivity index (χ1v) is 16.1. The molecule has 0 aromatic heterocycles. The standard InChI is InChI=1S/C39H35N3O5S/c1-26(37(43)41-34-22-21-32(46-2)25-36(34)47-3)48-33-16-10-15-31(24-33)40-39(45)35(42-38(44)30-13-8-5-9-14-30)23-27-17-19-29(20-18-27)28-11-6-4-7-12-28/h4-26H,1-3H3,(H,40,45)(H,41,43)(H,42,44)/b35-23+. The SMILES string of the molecule is COc1ccc(NC(=O)C(C)Sc2cccc(NC(=O)/C(=C\c3ccc(-c4ccccc4)cc3)NC(=O)c3ccccc3)c2)c(OC)c1. The summed E-state index contributed by atoms with van der Waals surface area (Å²) in [6, 6.07) is 38.8. The van der Waals surface area contributed by atoms with E-state index < -0.39 is 17.1 Å². The molecule has 0 saturated carbocycles.